The first-order valence-corrected chi connectivity index (χ1v) is 7.68. The lowest BCUT2D eigenvalue weighted by Gasteiger charge is -2.10. The van der Waals surface area contributed by atoms with Gasteiger partial charge in [0, 0.05) is 4.88 Å². The second-order valence-corrected chi connectivity index (χ2v) is 7.18. The van der Waals surface area contributed by atoms with Gasteiger partial charge >= 0.3 is 0 Å². The number of halogens is 3. The van der Waals surface area contributed by atoms with Gasteiger partial charge in [0.1, 0.15) is 5.75 Å². The Kier molecular flexibility index (Phi) is 4.53. The molecule has 0 fully saturated rings. The first-order valence-electron chi connectivity index (χ1n) is 4.84. The fourth-order valence-corrected chi connectivity index (χ4v) is 3.80. The number of rotatable bonds is 3. The van der Waals surface area contributed by atoms with Crippen LogP contribution in [0.15, 0.2) is 38.6 Å². The van der Waals surface area contributed by atoms with Gasteiger partial charge in [0.15, 0.2) is 0 Å². The average Bonchev–Trinajstić information content (AvgIpc) is 2.75. The van der Waals surface area contributed by atoms with Crippen molar-refractivity contribution >= 4 is 54.8 Å². The van der Waals surface area contributed by atoms with E-state index in [1.54, 1.807) is 18.4 Å². The predicted octanol–water partition coefficient (Wildman–Crippen LogP) is 5.61. The van der Waals surface area contributed by atoms with Crippen molar-refractivity contribution in [1.29, 1.82) is 0 Å². The summed E-state index contributed by atoms with van der Waals surface area (Å²) in [6.07, 6.45) is 0. The third-order valence-electron chi connectivity index (χ3n) is 2.31. The highest BCUT2D eigenvalue weighted by molar-refractivity contribution is 9.11. The van der Waals surface area contributed by atoms with Crippen molar-refractivity contribution in [3.05, 3.63) is 49.0 Å². The minimum atomic E-state index is -0.131. The van der Waals surface area contributed by atoms with Crippen molar-refractivity contribution in [3.63, 3.8) is 0 Å². The molecular formula is C12H9Br2ClOS. The van der Waals surface area contributed by atoms with E-state index in [4.69, 9.17) is 16.3 Å². The maximum absolute atomic E-state index is 6.44. The summed E-state index contributed by atoms with van der Waals surface area (Å²) in [5, 5.41) is -0.131. The highest BCUT2D eigenvalue weighted by atomic mass is 79.9. The number of hydrogen-bond acceptors (Lipinski definition) is 2. The summed E-state index contributed by atoms with van der Waals surface area (Å²) in [6.45, 7) is 0. The van der Waals surface area contributed by atoms with Gasteiger partial charge in [0.05, 0.1) is 20.7 Å². The number of methoxy groups -OCH3 is 1. The normalized spacial score (nSPS) is 12.5. The zero-order valence-corrected chi connectivity index (χ0v) is 13.7. The standard InChI is InChI=1S/C12H9Br2ClOS/c1-16-9-3-2-7(6-8(9)13)12(15)10-4-5-11(14)17-10/h2-6,12H,1H3. The predicted molar refractivity (Wildman–Crippen MR) is 80.4 cm³/mol. The van der Waals surface area contributed by atoms with Gasteiger partial charge in [0.25, 0.3) is 0 Å². The van der Waals surface area contributed by atoms with E-state index < -0.39 is 0 Å². The van der Waals surface area contributed by atoms with Crippen LogP contribution in [0.25, 0.3) is 0 Å². The second-order valence-electron chi connectivity index (χ2n) is 3.40. The van der Waals surface area contributed by atoms with Crippen LogP contribution in [0.5, 0.6) is 5.75 Å². The van der Waals surface area contributed by atoms with Crippen LogP contribution in [0.1, 0.15) is 15.8 Å². The van der Waals surface area contributed by atoms with Crippen LogP contribution in [0.4, 0.5) is 0 Å². The molecule has 0 amide bonds. The molecule has 1 aromatic carbocycles. The Hall–Kier alpha value is -0.0300. The van der Waals surface area contributed by atoms with E-state index in [1.165, 1.54) is 0 Å². The van der Waals surface area contributed by atoms with Gasteiger partial charge in [-0.15, -0.1) is 22.9 Å². The largest absolute Gasteiger partial charge is 0.496 e. The quantitative estimate of drug-likeness (QED) is 0.613. The van der Waals surface area contributed by atoms with Gasteiger partial charge in [0.2, 0.25) is 0 Å². The molecule has 1 nitrogen and oxygen atoms in total. The molecule has 1 aromatic heterocycles. The van der Waals surface area contributed by atoms with Gasteiger partial charge < -0.3 is 4.74 Å². The highest BCUT2D eigenvalue weighted by Gasteiger charge is 2.14. The van der Waals surface area contributed by atoms with Gasteiger partial charge in [-0.2, -0.15) is 0 Å². The zero-order chi connectivity index (χ0) is 12.4. The summed E-state index contributed by atoms with van der Waals surface area (Å²) in [7, 11) is 1.65. The summed E-state index contributed by atoms with van der Waals surface area (Å²) in [6, 6.07) is 9.93. The topological polar surface area (TPSA) is 9.23 Å². The highest BCUT2D eigenvalue weighted by Crippen LogP contribution is 2.38. The van der Waals surface area contributed by atoms with Crippen LogP contribution in [0.3, 0.4) is 0 Å². The van der Waals surface area contributed by atoms with Crippen LogP contribution >= 0.6 is 54.8 Å². The van der Waals surface area contributed by atoms with E-state index >= 15 is 0 Å². The molecule has 90 valence electrons. The lowest BCUT2D eigenvalue weighted by molar-refractivity contribution is 0.412. The molecule has 2 aromatic rings. The van der Waals surface area contributed by atoms with Crippen LogP contribution in [-0.4, -0.2) is 7.11 Å². The van der Waals surface area contributed by atoms with E-state index in [0.717, 1.165) is 24.4 Å². The summed E-state index contributed by atoms with van der Waals surface area (Å²) < 4.78 is 7.20. The maximum atomic E-state index is 6.44. The average molecular weight is 397 g/mol. The Morgan fingerprint density at radius 3 is 2.53 bits per heavy atom. The Bertz CT molecular complexity index is 527. The molecule has 0 aliphatic heterocycles. The second kappa shape index (κ2) is 5.74. The van der Waals surface area contributed by atoms with Gasteiger partial charge in [-0.1, -0.05) is 6.07 Å². The first-order chi connectivity index (χ1) is 8.11. The van der Waals surface area contributed by atoms with Crippen molar-refractivity contribution in [3.8, 4) is 5.75 Å². The van der Waals surface area contributed by atoms with Crippen molar-refractivity contribution in [2.24, 2.45) is 0 Å². The number of benzene rings is 1. The van der Waals surface area contributed by atoms with Gasteiger partial charge in [-0.25, -0.2) is 0 Å². The van der Waals surface area contributed by atoms with Crippen LogP contribution in [0, 0.1) is 0 Å². The SMILES string of the molecule is COc1ccc(C(Cl)c2ccc(Br)s2)cc1Br. The summed E-state index contributed by atoms with van der Waals surface area (Å²) >= 11 is 15.0. The lowest BCUT2D eigenvalue weighted by Crippen LogP contribution is -1.92. The van der Waals surface area contributed by atoms with E-state index in [2.05, 4.69) is 31.9 Å². The molecule has 1 atom stereocenters. The molecule has 5 heteroatoms. The Morgan fingerprint density at radius 1 is 1.24 bits per heavy atom. The monoisotopic (exact) mass is 394 g/mol. The number of thiophene rings is 1. The molecule has 0 aliphatic rings. The Labute approximate surface area is 126 Å². The van der Waals surface area contributed by atoms with Crippen molar-refractivity contribution in [1.82, 2.24) is 0 Å². The van der Waals surface area contributed by atoms with Gasteiger partial charge in [-0.3, -0.25) is 0 Å². The minimum absolute atomic E-state index is 0.131. The Balaban J connectivity index is 2.31. The molecule has 0 radical (unpaired) electrons. The lowest BCUT2D eigenvalue weighted by atomic mass is 10.1. The van der Waals surface area contributed by atoms with Crippen LogP contribution in [0.2, 0.25) is 0 Å². The fourth-order valence-electron chi connectivity index (χ4n) is 1.47. The molecule has 2 rings (SSSR count). The number of alkyl halides is 1. The fraction of sp³-hybridized carbons (Fsp3) is 0.167. The molecule has 0 spiro atoms. The molecule has 0 saturated carbocycles. The van der Waals surface area contributed by atoms with E-state index in [0.29, 0.717) is 0 Å². The van der Waals surface area contributed by atoms with E-state index in [-0.39, 0.29) is 5.38 Å². The summed E-state index contributed by atoms with van der Waals surface area (Å²) in [5.74, 6) is 0.810. The van der Waals surface area contributed by atoms with E-state index in [9.17, 15) is 0 Å². The number of hydrogen-bond donors (Lipinski definition) is 0. The minimum Gasteiger partial charge on any atom is -0.496 e. The molecule has 0 saturated heterocycles. The third-order valence-corrected chi connectivity index (χ3v) is 5.24. The third kappa shape index (κ3) is 3.05. The van der Waals surface area contributed by atoms with Crippen molar-refractivity contribution < 1.29 is 4.74 Å². The molecule has 1 heterocycles. The van der Waals surface area contributed by atoms with E-state index in [1.807, 2.05) is 30.3 Å². The molecule has 1 unspecified atom stereocenters. The summed E-state index contributed by atoms with van der Waals surface area (Å²) in [5.41, 5.74) is 1.05. The summed E-state index contributed by atoms with van der Waals surface area (Å²) in [4.78, 5) is 1.12. The van der Waals surface area contributed by atoms with Gasteiger partial charge in [-0.05, 0) is 61.7 Å². The molecule has 0 N–H and O–H groups in total. The molecule has 17 heavy (non-hydrogen) atoms. The molecular weight excluding hydrogens is 387 g/mol. The first kappa shape index (κ1) is 13.4. The smallest absolute Gasteiger partial charge is 0.133 e. The van der Waals surface area contributed by atoms with Crippen LogP contribution in [-0.2, 0) is 0 Å². The van der Waals surface area contributed by atoms with Crippen molar-refractivity contribution in [2.45, 2.75) is 5.38 Å². The maximum Gasteiger partial charge on any atom is 0.133 e. The zero-order valence-electron chi connectivity index (χ0n) is 8.91. The Morgan fingerprint density at radius 2 is 2.00 bits per heavy atom. The molecule has 0 aliphatic carbocycles. The van der Waals surface area contributed by atoms with Crippen LogP contribution < -0.4 is 4.74 Å². The number of ether oxygens (including phenoxy) is 1. The molecule has 0 bridgehead atoms. The van der Waals surface area contributed by atoms with Crippen molar-refractivity contribution in [2.75, 3.05) is 7.11 Å².